The first-order valence-corrected chi connectivity index (χ1v) is 8.85. The highest BCUT2D eigenvalue weighted by Gasteiger charge is 2.60. The predicted molar refractivity (Wildman–Crippen MR) is 96.1 cm³/mol. The number of hydrogen-bond donors (Lipinski definition) is 5. The van der Waals surface area contributed by atoms with Gasteiger partial charge < -0.3 is 26.2 Å². The number of amides is 1. The number of fused-ring (bicyclic) bond motifs is 3. The maximum atomic E-state index is 13.2. The van der Waals surface area contributed by atoms with Crippen LogP contribution in [0.5, 0.6) is 5.75 Å². The minimum absolute atomic E-state index is 0.0312. The molecule has 1 amide bonds. The van der Waals surface area contributed by atoms with Crippen LogP contribution in [0.25, 0.3) is 5.76 Å². The van der Waals surface area contributed by atoms with Gasteiger partial charge in [-0.05, 0) is 36.5 Å². The van der Waals surface area contributed by atoms with Crippen LogP contribution < -0.4 is 5.73 Å². The average Bonchev–Trinajstić information content (AvgIpc) is 2.64. The van der Waals surface area contributed by atoms with E-state index < -0.39 is 52.0 Å². The number of phenols is 1. The number of rotatable bonds is 1. The standard InChI is InChI=1S/C20H16N2O7/c21-6-7-1-2-11(23)14-10(7)4-8-3-9-5-12(24)15(19(22)28)18(27)20(9,29)17(26)13(8)16(14)25/h1-2,8-9,23,25,27,29H,3-5H2,(H2,22,28)/t8-,9+,20+/m1/s1. The lowest BCUT2D eigenvalue weighted by atomic mass is 9.59. The van der Waals surface area contributed by atoms with Crippen molar-refractivity contribution >= 4 is 23.2 Å². The molecule has 1 saturated carbocycles. The Morgan fingerprint density at radius 3 is 2.52 bits per heavy atom. The monoisotopic (exact) mass is 396 g/mol. The molecule has 0 bridgehead atoms. The number of carbonyl (C=O) groups excluding carboxylic acids is 3. The van der Waals surface area contributed by atoms with Crippen LogP contribution in [0.1, 0.15) is 29.5 Å². The molecule has 9 heteroatoms. The predicted octanol–water partition coefficient (Wildman–Crippen LogP) is 0.296. The van der Waals surface area contributed by atoms with Gasteiger partial charge in [-0.2, -0.15) is 5.26 Å². The molecule has 1 fully saturated rings. The Bertz CT molecular complexity index is 1120. The SMILES string of the molecule is N#Cc1ccc(O)c2c1C[C@H]1C[C@H]3CC(=O)C(C(N)=O)=C(O)[C@@]3(O)C(=O)C1=C2O. The summed E-state index contributed by atoms with van der Waals surface area (Å²) in [5.74, 6) is -6.85. The number of primary amides is 1. The fourth-order valence-corrected chi connectivity index (χ4v) is 4.73. The van der Waals surface area contributed by atoms with Gasteiger partial charge in [0.2, 0.25) is 5.78 Å². The zero-order valence-electron chi connectivity index (χ0n) is 15.0. The Morgan fingerprint density at radius 1 is 1.21 bits per heavy atom. The zero-order chi connectivity index (χ0) is 21.2. The summed E-state index contributed by atoms with van der Waals surface area (Å²) in [6.45, 7) is 0. The van der Waals surface area contributed by atoms with Gasteiger partial charge in [0.15, 0.2) is 11.4 Å². The molecule has 6 N–H and O–H groups in total. The Balaban J connectivity index is 1.96. The van der Waals surface area contributed by atoms with E-state index >= 15 is 0 Å². The summed E-state index contributed by atoms with van der Waals surface area (Å²) in [5.41, 5.74) is 1.96. The van der Waals surface area contributed by atoms with Crippen molar-refractivity contribution in [1.29, 1.82) is 5.26 Å². The molecule has 3 atom stereocenters. The number of Topliss-reactive ketones (excluding diaryl/α,β-unsaturated/α-hetero) is 2. The van der Waals surface area contributed by atoms with Crippen LogP contribution in [0.15, 0.2) is 29.0 Å². The van der Waals surface area contributed by atoms with Crippen LogP contribution in [0.4, 0.5) is 0 Å². The van der Waals surface area contributed by atoms with Crippen LogP contribution in [0.2, 0.25) is 0 Å². The van der Waals surface area contributed by atoms with Crippen molar-refractivity contribution < 1.29 is 34.8 Å². The molecular formula is C20H16N2O7. The molecule has 0 aliphatic heterocycles. The molecule has 0 saturated heterocycles. The molecule has 4 rings (SSSR count). The summed E-state index contributed by atoms with van der Waals surface area (Å²) >= 11 is 0. The van der Waals surface area contributed by atoms with E-state index in [1.165, 1.54) is 12.1 Å². The van der Waals surface area contributed by atoms with Crippen molar-refractivity contribution in [3.05, 3.63) is 45.7 Å². The van der Waals surface area contributed by atoms with Crippen molar-refractivity contribution in [1.82, 2.24) is 0 Å². The molecule has 29 heavy (non-hydrogen) atoms. The van der Waals surface area contributed by atoms with E-state index in [1.807, 2.05) is 6.07 Å². The zero-order valence-corrected chi connectivity index (χ0v) is 15.0. The van der Waals surface area contributed by atoms with Gasteiger partial charge in [-0.3, -0.25) is 14.4 Å². The molecule has 1 aromatic rings. The number of ketones is 2. The fourth-order valence-electron chi connectivity index (χ4n) is 4.73. The first-order valence-electron chi connectivity index (χ1n) is 8.85. The van der Waals surface area contributed by atoms with Gasteiger partial charge in [0.05, 0.1) is 17.2 Å². The Morgan fingerprint density at radius 2 is 1.90 bits per heavy atom. The molecule has 3 aliphatic rings. The van der Waals surface area contributed by atoms with Gasteiger partial charge >= 0.3 is 0 Å². The Kier molecular flexibility index (Phi) is 3.82. The van der Waals surface area contributed by atoms with E-state index in [1.54, 1.807) is 0 Å². The second-order valence-electron chi connectivity index (χ2n) is 7.50. The number of nitriles is 1. The smallest absolute Gasteiger partial charge is 0.255 e. The normalized spacial score (nSPS) is 28.4. The summed E-state index contributed by atoms with van der Waals surface area (Å²) < 4.78 is 0. The lowest BCUT2D eigenvalue weighted by molar-refractivity contribution is -0.147. The lowest BCUT2D eigenvalue weighted by Crippen LogP contribution is -2.58. The fraction of sp³-hybridized carbons (Fsp3) is 0.300. The van der Waals surface area contributed by atoms with Gasteiger partial charge in [-0.15, -0.1) is 0 Å². The summed E-state index contributed by atoms with van der Waals surface area (Å²) in [5, 5.41) is 51.8. The molecule has 9 nitrogen and oxygen atoms in total. The number of aromatic hydroxyl groups is 1. The first-order chi connectivity index (χ1) is 13.6. The highest BCUT2D eigenvalue weighted by atomic mass is 16.3. The Labute approximate surface area is 164 Å². The maximum Gasteiger partial charge on any atom is 0.255 e. The largest absolute Gasteiger partial charge is 0.508 e. The van der Waals surface area contributed by atoms with Crippen molar-refractivity contribution in [3.63, 3.8) is 0 Å². The second-order valence-corrected chi connectivity index (χ2v) is 7.50. The molecule has 148 valence electrons. The summed E-state index contributed by atoms with van der Waals surface area (Å²) in [6.07, 6.45) is -0.234. The van der Waals surface area contributed by atoms with E-state index in [4.69, 9.17) is 5.73 Å². The van der Waals surface area contributed by atoms with Gasteiger partial charge in [0.25, 0.3) is 5.91 Å². The average molecular weight is 396 g/mol. The number of benzene rings is 1. The number of phenolic OH excluding ortho intramolecular Hbond substituents is 1. The molecular weight excluding hydrogens is 380 g/mol. The van der Waals surface area contributed by atoms with E-state index in [0.29, 0.717) is 5.56 Å². The van der Waals surface area contributed by atoms with Gasteiger partial charge in [0.1, 0.15) is 22.8 Å². The number of aliphatic hydroxyl groups excluding tert-OH is 2. The summed E-state index contributed by atoms with van der Waals surface area (Å²) in [6, 6.07) is 4.58. The van der Waals surface area contributed by atoms with Crippen molar-refractivity contribution in [2.45, 2.75) is 24.9 Å². The first kappa shape index (κ1) is 18.7. The van der Waals surface area contributed by atoms with Gasteiger partial charge in [-0.1, -0.05) is 0 Å². The van der Waals surface area contributed by atoms with Crippen molar-refractivity contribution in [2.24, 2.45) is 17.6 Å². The topological polar surface area (TPSA) is 182 Å². The third-order valence-electron chi connectivity index (χ3n) is 6.07. The third-order valence-corrected chi connectivity index (χ3v) is 6.07. The van der Waals surface area contributed by atoms with Crippen LogP contribution >= 0.6 is 0 Å². The summed E-state index contributed by atoms with van der Waals surface area (Å²) in [4.78, 5) is 37.0. The highest BCUT2D eigenvalue weighted by Crippen LogP contribution is 2.52. The van der Waals surface area contributed by atoms with Crippen LogP contribution in [0, 0.1) is 23.2 Å². The van der Waals surface area contributed by atoms with Gasteiger partial charge in [0, 0.05) is 17.9 Å². The number of nitrogens with zero attached hydrogens (tertiary/aromatic N) is 1. The minimum atomic E-state index is -2.59. The quantitative estimate of drug-likeness (QED) is 0.420. The van der Waals surface area contributed by atoms with E-state index in [0.717, 1.165) is 0 Å². The van der Waals surface area contributed by atoms with Crippen LogP contribution in [-0.2, 0) is 20.8 Å². The van der Waals surface area contributed by atoms with Gasteiger partial charge in [-0.25, -0.2) is 0 Å². The van der Waals surface area contributed by atoms with E-state index in [9.17, 15) is 40.1 Å². The lowest BCUT2D eigenvalue weighted by Gasteiger charge is -2.46. The molecule has 3 aliphatic carbocycles. The number of carbonyl (C=O) groups is 3. The molecule has 0 spiro atoms. The number of aliphatic hydroxyl groups is 3. The second kappa shape index (κ2) is 5.93. The molecule has 0 radical (unpaired) electrons. The van der Waals surface area contributed by atoms with Crippen LogP contribution in [0.3, 0.4) is 0 Å². The molecule has 1 aromatic carbocycles. The number of nitrogens with two attached hydrogens (primary N) is 1. The maximum absolute atomic E-state index is 13.2. The summed E-state index contributed by atoms with van der Waals surface area (Å²) in [7, 11) is 0. The van der Waals surface area contributed by atoms with Crippen molar-refractivity contribution in [3.8, 4) is 11.8 Å². The van der Waals surface area contributed by atoms with Crippen molar-refractivity contribution in [2.75, 3.05) is 0 Å². The van der Waals surface area contributed by atoms with E-state index in [2.05, 4.69) is 0 Å². The third kappa shape index (κ3) is 2.26. The highest BCUT2D eigenvalue weighted by molar-refractivity contribution is 6.22. The van der Waals surface area contributed by atoms with E-state index in [-0.39, 0.29) is 41.7 Å². The number of hydrogen-bond acceptors (Lipinski definition) is 8. The molecule has 0 heterocycles. The van der Waals surface area contributed by atoms with Crippen LogP contribution in [-0.4, -0.2) is 43.5 Å². The minimum Gasteiger partial charge on any atom is -0.508 e. The Hall–Kier alpha value is -3.64. The molecule has 0 aromatic heterocycles. The molecule has 0 unspecified atom stereocenters.